The molecule has 7 nitrogen and oxygen atoms in total. The summed E-state index contributed by atoms with van der Waals surface area (Å²) in [5.41, 5.74) is 0. The molecule has 0 aliphatic heterocycles. The lowest BCUT2D eigenvalue weighted by Gasteiger charge is -2.23. The number of benzene rings is 2. The molecule has 2 aromatic rings. The van der Waals surface area contributed by atoms with Crippen LogP contribution in [0.4, 0.5) is 0 Å². The normalized spacial score (nSPS) is 11.6. The largest absolute Gasteiger partial charge is 0.355 e. The van der Waals surface area contributed by atoms with E-state index in [9.17, 15) is 18.0 Å². The van der Waals surface area contributed by atoms with E-state index in [1.165, 1.54) is 18.0 Å². The molecule has 0 spiro atoms. The van der Waals surface area contributed by atoms with Gasteiger partial charge in [0.1, 0.15) is 0 Å². The number of carbonyl (C=O) groups excluding carboxylic acids is 2. The summed E-state index contributed by atoms with van der Waals surface area (Å²) in [6.07, 6.45) is 0. The molecule has 8 heteroatoms. The second kappa shape index (κ2) is 8.96. The van der Waals surface area contributed by atoms with E-state index in [1.54, 1.807) is 26.0 Å². The van der Waals surface area contributed by atoms with Gasteiger partial charge in [0.25, 0.3) is 0 Å². The zero-order valence-corrected chi connectivity index (χ0v) is 16.6. The number of amides is 2. The highest BCUT2D eigenvalue weighted by Crippen LogP contribution is 2.21. The van der Waals surface area contributed by atoms with Gasteiger partial charge in [0.05, 0.1) is 18.0 Å². The van der Waals surface area contributed by atoms with Gasteiger partial charge in [0, 0.05) is 20.1 Å². The van der Waals surface area contributed by atoms with Crippen molar-refractivity contribution in [3.8, 4) is 0 Å². The van der Waals surface area contributed by atoms with Crippen molar-refractivity contribution >= 4 is 32.6 Å². The van der Waals surface area contributed by atoms with E-state index < -0.39 is 15.9 Å². The SMILES string of the molecule is CCNC(=O)CN(CC)C(=O)CN(C)S(=O)(=O)c1ccc2ccccc2c1. The highest BCUT2D eigenvalue weighted by Gasteiger charge is 2.25. The van der Waals surface area contributed by atoms with Gasteiger partial charge in [-0.25, -0.2) is 8.42 Å². The Labute approximate surface area is 160 Å². The van der Waals surface area contributed by atoms with Gasteiger partial charge in [-0.05, 0) is 36.8 Å². The summed E-state index contributed by atoms with van der Waals surface area (Å²) in [7, 11) is -2.46. The fraction of sp³-hybridized carbons (Fsp3) is 0.368. The first-order chi connectivity index (χ1) is 12.8. The van der Waals surface area contributed by atoms with Gasteiger partial charge < -0.3 is 10.2 Å². The average molecular weight is 391 g/mol. The monoisotopic (exact) mass is 391 g/mol. The molecule has 0 aliphatic rings. The summed E-state index contributed by atoms with van der Waals surface area (Å²) in [6.45, 7) is 3.91. The molecule has 1 N–H and O–H groups in total. The van der Waals surface area contributed by atoms with E-state index in [-0.39, 0.29) is 23.9 Å². The zero-order valence-electron chi connectivity index (χ0n) is 15.8. The van der Waals surface area contributed by atoms with E-state index in [4.69, 9.17) is 0 Å². The van der Waals surface area contributed by atoms with Gasteiger partial charge in [0.2, 0.25) is 21.8 Å². The fourth-order valence-electron chi connectivity index (χ4n) is 2.69. The van der Waals surface area contributed by atoms with Crippen LogP contribution in [0.1, 0.15) is 13.8 Å². The smallest absolute Gasteiger partial charge is 0.243 e. The van der Waals surface area contributed by atoms with Gasteiger partial charge >= 0.3 is 0 Å². The number of carbonyl (C=O) groups is 2. The quantitative estimate of drug-likeness (QED) is 0.738. The molecular formula is C19H25N3O4S. The lowest BCUT2D eigenvalue weighted by atomic mass is 10.1. The molecular weight excluding hydrogens is 366 g/mol. The summed E-state index contributed by atoms with van der Waals surface area (Å²) >= 11 is 0. The number of rotatable bonds is 8. The number of sulfonamides is 1. The molecule has 0 atom stereocenters. The Morgan fingerprint density at radius 1 is 1.00 bits per heavy atom. The first-order valence-corrected chi connectivity index (χ1v) is 10.2. The fourth-order valence-corrected chi connectivity index (χ4v) is 3.84. The summed E-state index contributed by atoms with van der Waals surface area (Å²) in [6, 6.07) is 12.3. The van der Waals surface area contributed by atoms with Crippen LogP contribution in [0.15, 0.2) is 47.4 Å². The first-order valence-electron chi connectivity index (χ1n) is 8.79. The Morgan fingerprint density at radius 2 is 1.67 bits per heavy atom. The van der Waals surface area contributed by atoms with Crippen molar-refractivity contribution < 1.29 is 18.0 Å². The van der Waals surface area contributed by atoms with Crippen molar-refractivity contribution in [1.82, 2.24) is 14.5 Å². The minimum Gasteiger partial charge on any atom is -0.355 e. The Balaban J connectivity index is 2.15. The predicted octanol–water partition coefficient (Wildman–Crippen LogP) is 1.44. The Kier molecular flexibility index (Phi) is 6.92. The Hall–Kier alpha value is -2.45. The summed E-state index contributed by atoms with van der Waals surface area (Å²) in [5.74, 6) is -0.691. The number of fused-ring (bicyclic) bond motifs is 1. The van der Waals surface area contributed by atoms with Crippen LogP contribution in [0.25, 0.3) is 10.8 Å². The molecule has 2 rings (SSSR count). The van der Waals surface area contributed by atoms with E-state index in [0.29, 0.717) is 13.1 Å². The van der Waals surface area contributed by atoms with E-state index >= 15 is 0 Å². The van der Waals surface area contributed by atoms with Gasteiger partial charge in [-0.15, -0.1) is 0 Å². The number of nitrogens with one attached hydrogen (secondary N) is 1. The van der Waals surface area contributed by atoms with Gasteiger partial charge in [-0.3, -0.25) is 9.59 Å². The third kappa shape index (κ3) is 5.05. The summed E-state index contributed by atoms with van der Waals surface area (Å²) in [4.78, 5) is 25.6. The molecule has 146 valence electrons. The van der Waals surface area contributed by atoms with Crippen molar-refractivity contribution in [3.05, 3.63) is 42.5 Å². The van der Waals surface area contributed by atoms with Crippen LogP contribution in [0, 0.1) is 0 Å². The van der Waals surface area contributed by atoms with Crippen molar-refractivity contribution in [2.45, 2.75) is 18.7 Å². The Morgan fingerprint density at radius 3 is 2.30 bits per heavy atom. The molecule has 0 bridgehead atoms. The van der Waals surface area contributed by atoms with Crippen LogP contribution in [0.3, 0.4) is 0 Å². The van der Waals surface area contributed by atoms with Crippen molar-refractivity contribution in [2.24, 2.45) is 0 Å². The van der Waals surface area contributed by atoms with E-state index in [1.807, 2.05) is 24.3 Å². The summed E-state index contributed by atoms with van der Waals surface area (Å²) < 4.78 is 26.7. The molecule has 0 aliphatic carbocycles. The standard InChI is InChI=1S/C19H25N3O4S/c1-4-20-18(23)13-22(5-2)19(24)14-21(3)27(25,26)17-11-10-15-8-6-7-9-16(15)12-17/h6-12H,4-5,13-14H2,1-3H3,(H,20,23). The molecule has 0 radical (unpaired) electrons. The Bertz CT molecular complexity index is 927. The minimum atomic E-state index is -3.82. The van der Waals surface area contributed by atoms with Crippen LogP contribution in [0.5, 0.6) is 0 Å². The van der Waals surface area contributed by atoms with Gasteiger partial charge in [0.15, 0.2) is 0 Å². The van der Waals surface area contributed by atoms with Crippen molar-refractivity contribution in [2.75, 3.05) is 33.2 Å². The second-order valence-electron chi connectivity index (χ2n) is 6.13. The van der Waals surface area contributed by atoms with E-state index in [2.05, 4.69) is 5.32 Å². The summed E-state index contributed by atoms with van der Waals surface area (Å²) in [5, 5.41) is 4.38. The maximum Gasteiger partial charge on any atom is 0.243 e. The third-order valence-electron chi connectivity index (χ3n) is 4.23. The van der Waals surface area contributed by atoms with E-state index in [0.717, 1.165) is 15.1 Å². The molecule has 2 aromatic carbocycles. The molecule has 0 heterocycles. The van der Waals surface area contributed by atoms with Crippen LogP contribution >= 0.6 is 0 Å². The maximum absolute atomic E-state index is 12.8. The number of likely N-dealkylation sites (N-methyl/N-ethyl adjacent to an activating group) is 3. The second-order valence-corrected chi connectivity index (χ2v) is 8.18. The number of nitrogens with zero attached hydrogens (tertiary/aromatic N) is 2. The third-order valence-corrected chi connectivity index (χ3v) is 6.03. The topological polar surface area (TPSA) is 86.8 Å². The molecule has 0 aromatic heterocycles. The lowest BCUT2D eigenvalue weighted by molar-refractivity contribution is -0.135. The highest BCUT2D eigenvalue weighted by molar-refractivity contribution is 7.89. The lowest BCUT2D eigenvalue weighted by Crippen LogP contribution is -2.45. The highest BCUT2D eigenvalue weighted by atomic mass is 32.2. The van der Waals surface area contributed by atoms with Crippen LogP contribution < -0.4 is 5.32 Å². The molecule has 0 unspecified atom stereocenters. The zero-order chi connectivity index (χ0) is 20.0. The number of hydrogen-bond acceptors (Lipinski definition) is 4. The van der Waals surface area contributed by atoms with Gasteiger partial charge in [-0.2, -0.15) is 4.31 Å². The molecule has 0 saturated carbocycles. The molecule has 27 heavy (non-hydrogen) atoms. The van der Waals surface area contributed by atoms with Gasteiger partial charge in [-0.1, -0.05) is 30.3 Å². The van der Waals surface area contributed by atoms with Crippen LogP contribution in [-0.4, -0.2) is 62.7 Å². The van der Waals surface area contributed by atoms with Crippen molar-refractivity contribution in [1.29, 1.82) is 0 Å². The maximum atomic E-state index is 12.8. The van der Waals surface area contributed by atoms with Crippen LogP contribution in [-0.2, 0) is 19.6 Å². The average Bonchev–Trinajstić information content (AvgIpc) is 2.65. The van der Waals surface area contributed by atoms with Crippen LogP contribution in [0.2, 0.25) is 0 Å². The predicted molar refractivity (Wildman–Crippen MR) is 105 cm³/mol. The minimum absolute atomic E-state index is 0.0902. The molecule has 2 amide bonds. The molecule has 0 fully saturated rings. The van der Waals surface area contributed by atoms with Crippen molar-refractivity contribution in [3.63, 3.8) is 0 Å². The first kappa shape index (κ1) is 20.9. The molecule has 0 saturated heterocycles. The number of hydrogen-bond donors (Lipinski definition) is 1.